The third-order valence-corrected chi connectivity index (χ3v) is 2.46. The van der Waals surface area contributed by atoms with Gasteiger partial charge in [0.1, 0.15) is 11.5 Å². The van der Waals surface area contributed by atoms with Crippen molar-refractivity contribution in [3.8, 4) is 11.5 Å². The Morgan fingerprint density at radius 2 is 1.28 bits per heavy atom. The predicted octanol–water partition coefficient (Wildman–Crippen LogP) is 4.57. The second kappa shape index (κ2) is 5.76. The fourth-order valence-corrected chi connectivity index (χ4v) is 1.63. The summed E-state index contributed by atoms with van der Waals surface area (Å²) in [6, 6.07) is 12.9. The molecule has 0 spiro atoms. The van der Waals surface area contributed by atoms with Crippen molar-refractivity contribution in [2.24, 2.45) is 0 Å². The molecule has 2 aromatic rings. The Morgan fingerprint density at radius 3 is 1.67 bits per heavy atom. The average molecular weight is 283 g/mol. The van der Waals surface area contributed by atoms with Gasteiger partial charge in [-0.2, -0.15) is 0 Å². The Hall–Kier alpha value is -1.71. The lowest BCUT2D eigenvalue weighted by Crippen LogP contribution is -2.13. The molecule has 0 saturated carbocycles. The third-order valence-electron chi connectivity index (χ3n) is 1.99. The Bertz CT molecular complexity index is 520. The molecule has 0 saturated heterocycles. The molecule has 0 aliphatic carbocycles. The minimum Gasteiger partial charge on any atom is -0.395 e. The Labute approximate surface area is 114 Å². The second-order valence-electron chi connectivity index (χ2n) is 3.37. The number of carbonyl (C=O) groups is 1. The number of rotatable bonds is 2. The van der Waals surface area contributed by atoms with E-state index in [1.807, 2.05) is 0 Å². The molecule has 2 rings (SSSR count). The summed E-state index contributed by atoms with van der Waals surface area (Å²) in [6.45, 7) is 0. The van der Waals surface area contributed by atoms with Crippen molar-refractivity contribution in [2.45, 2.75) is 0 Å². The molecular formula is C13H8Cl2O3. The van der Waals surface area contributed by atoms with E-state index < -0.39 is 6.16 Å². The smallest absolute Gasteiger partial charge is 0.395 e. The summed E-state index contributed by atoms with van der Waals surface area (Å²) in [5, 5.41) is 0.950. The van der Waals surface area contributed by atoms with E-state index in [9.17, 15) is 4.79 Å². The maximum Gasteiger partial charge on any atom is 0.519 e. The third kappa shape index (κ3) is 3.65. The molecular weight excluding hydrogens is 275 g/mol. The van der Waals surface area contributed by atoms with Gasteiger partial charge in [-0.05, 0) is 36.4 Å². The van der Waals surface area contributed by atoms with Crippen LogP contribution in [0.5, 0.6) is 11.5 Å². The Balaban J connectivity index is 2.01. The van der Waals surface area contributed by atoms with Crippen LogP contribution in [0.1, 0.15) is 0 Å². The maximum atomic E-state index is 11.5. The summed E-state index contributed by atoms with van der Waals surface area (Å²) in [7, 11) is 0. The van der Waals surface area contributed by atoms with Crippen molar-refractivity contribution >= 4 is 29.4 Å². The van der Waals surface area contributed by atoms with Crippen LogP contribution < -0.4 is 9.47 Å². The normalized spacial score (nSPS) is 9.89. The molecule has 0 heterocycles. The summed E-state index contributed by atoms with van der Waals surface area (Å²) < 4.78 is 9.90. The van der Waals surface area contributed by atoms with Crippen LogP contribution in [0.15, 0.2) is 48.5 Å². The molecule has 92 valence electrons. The molecule has 5 heteroatoms. The van der Waals surface area contributed by atoms with Gasteiger partial charge in [0.15, 0.2) is 0 Å². The van der Waals surface area contributed by atoms with Crippen LogP contribution in [0.2, 0.25) is 10.0 Å². The second-order valence-corrected chi connectivity index (χ2v) is 4.24. The first-order valence-electron chi connectivity index (χ1n) is 5.04. The average Bonchev–Trinajstić information content (AvgIpc) is 2.28. The highest BCUT2D eigenvalue weighted by Crippen LogP contribution is 2.20. The van der Waals surface area contributed by atoms with Crippen LogP contribution in [-0.4, -0.2) is 6.16 Å². The van der Waals surface area contributed by atoms with Gasteiger partial charge in [0, 0.05) is 10.0 Å². The van der Waals surface area contributed by atoms with Crippen molar-refractivity contribution in [1.82, 2.24) is 0 Å². The van der Waals surface area contributed by atoms with E-state index in [-0.39, 0.29) is 0 Å². The summed E-state index contributed by atoms with van der Waals surface area (Å²) >= 11 is 11.5. The molecule has 0 aromatic heterocycles. The molecule has 0 aliphatic rings. The van der Waals surface area contributed by atoms with Crippen molar-refractivity contribution in [1.29, 1.82) is 0 Å². The highest BCUT2D eigenvalue weighted by atomic mass is 35.5. The minimum absolute atomic E-state index is 0.314. The van der Waals surface area contributed by atoms with Crippen LogP contribution in [0, 0.1) is 0 Å². The molecule has 0 aliphatic heterocycles. The van der Waals surface area contributed by atoms with Gasteiger partial charge in [0.2, 0.25) is 0 Å². The maximum absolute atomic E-state index is 11.5. The van der Waals surface area contributed by atoms with E-state index in [1.165, 1.54) is 12.1 Å². The van der Waals surface area contributed by atoms with Crippen molar-refractivity contribution < 1.29 is 14.3 Å². The van der Waals surface area contributed by atoms with Crippen LogP contribution in [0.3, 0.4) is 0 Å². The van der Waals surface area contributed by atoms with E-state index >= 15 is 0 Å². The first kappa shape index (κ1) is 12.7. The standard InChI is InChI=1S/C13H8Cl2O3/c14-9-3-1-5-11(7-9)17-13(16)18-12-6-2-4-10(15)8-12/h1-8H. The lowest BCUT2D eigenvalue weighted by atomic mass is 10.3. The van der Waals surface area contributed by atoms with Crippen molar-refractivity contribution in [2.75, 3.05) is 0 Å². The van der Waals surface area contributed by atoms with Crippen molar-refractivity contribution in [3.05, 3.63) is 58.6 Å². The summed E-state index contributed by atoms with van der Waals surface area (Å²) in [6.07, 6.45) is -0.848. The van der Waals surface area contributed by atoms with Gasteiger partial charge in [0.05, 0.1) is 0 Å². The van der Waals surface area contributed by atoms with Gasteiger partial charge >= 0.3 is 6.16 Å². The van der Waals surface area contributed by atoms with Crippen LogP contribution in [0.25, 0.3) is 0 Å². The molecule has 18 heavy (non-hydrogen) atoms. The van der Waals surface area contributed by atoms with Gasteiger partial charge in [-0.15, -0.1) is 0 Å². The summed E-state index contributed by atoms with van der Waals surface area (Å²) in [5.74, 6) is 0.629. The molecule has 0 atom stereocenters. The summed E-state index contributed by atoms with van der Waals surface area (Å²) in [5.41, 5.74) is 0. The number of hydrogen-bond donors (Lipinski definition) is 0. The Kier molecular flexibility index (Phi) is 4.07. The van der Waals surface area contributed by atoms with Gasteiger partial charge in [-0.25, -0.2) is 4.79 Å². The summed E-state index contributed by atoms with van der Waals surface area (Å²) in [4.78, 5) is 11.5. The largest absolute Gasteiger partial charge is 0.519 e. The predicted molar refractivity (Wildman–Crippen MR) is 69.6 cm³/mol. The van der Waals surface area contributed by atoms with Crippen molar-refractivity contribution in [3.63, 3.8) is 0 Å². The lowest BCUT2D eigenvalue weighted by Gasteiger charge is -2.05. The van der Waals surface area contributed by atoms with Gasteiger partial charge < -0.3 is 9.47 Å². The fraction of sp³-hybridized carbons (Fsp3) is 0. The molecule has 0 bridgehead atoms. The highest BCUT2D eigenvalue weighted by Gasteiger charge is 2.08. The number of ether oxygens (including phenoxy) is 2. The van der Waals surface area contributed by atoms with E-state index in [4.69, 9.17) is 32.7 Å². The first-order chi connectivity index (χ1) is 8.63. The molecule has 0 radical (unpaired) electrons. The highest BCUT2D eigenvalue weighted by molar-refractivity contribution is 6.31. The topological polar surface area (TPSA) is 35.5 Å². The van der Waals surface area contributed by atoms with E-state index in [2.05, 4.69) is 0 Å². The van der Waals surface area contributed by atoms with E-state index in [1.54, 1.807) is 36.4 Å². The first-order valence-corrected chi connectivity index (χ1v) is 5.80. The number of halogens is 2. The zero-order chi connectivity index (χ0) is 13.0. The number of hydrogen-bond acceptors (Lipinski definition) is 3. The van der Waals surface area contributed by atoms with E-state index in [0.29, 0.717) is 21.5 Å². The quantitative estimate of drug-likeness (QED) is 0.598. The molecule has 0 N–H and O–H groups in total. The molecule has 2 aromatic carbocycles. The minimum atomic E-state index is -0.848. The molecule has 0 fully saturated rings. The molecule has 0 amide bonds. The SMILES string of the molecule is O=C(Oc1cccc(Cl)c1)Oc1cccc(Cl)c1. The van der Waals surface area contributed by atoms with Crippen LogP contribution in [0.4, 0.5) is 4.79 Å². The zero-order valence-corrected chi connectivity index (χ0v) is 10.6. The fourth-order valence-electron chi connectivity index (χ4n) is 1.27. The van der Waals surface area contributed by atoms with Crippen LogP contribution in [-0.2, 0) is 0 Å². The molecule has 3 nitrogen and oxygen atoms in total. The number of carbonyl (C=O) groups excluding carboxylic acids is 1. The Morgan fingerprint density at radius 1 is 0.833 bits per heavy atom. The van der Waals surface area contributed by atoms with Gasteiger partial charge in [-0.3, -0.25) is 0 Å². The molecule has 0 unspecified atom stereocenters. The number of benzene rings is 2. The lowest BCUT2D eigenvalue weighted by molar-refractivity contribution is 0.152. The van der Waals surface area contributed by atoms with Gasteiger partial charge in [0.25, 0.3) is 0 Å². The van der Waals surface area contributed by atoms with Crippen LogP contribution >= 0.6 is 23.2 Å². The monoisotopic (exact) mass is 282 g/mol. The van der Waals surface area contributed by atoms with E-state index in [0.717, 1.165) is 0 Å². The zero-order valence-electron chi connectivity index (χ0n) is 9.10. The van der Waals surface area contributed by atoms with Gasteiger partial charge in [-0.1, -0.05) is 35.3 Å².